The number of methoxy groups -OCH3 is 1. The molecule has 0 saturated heterocycles. The molecule has 1 unspecified atom stereocenters. The van der Waals surface area contributed by atoms with Crippen LogP contribution in [0.25, 0.3) is 0 Å². The highest BCUT2D eigenvalue weighted by atomic mass is 35.5. The Morgan fingerprint density at radius 1 is 1.35 bits per heavy atom. The van der Waals surface area contributed by atoms with E-state index in [9.17, 15) is 0 Å². The second kappa shape index (κ2) is 6.84. The van der Waals surface area contributed by atoms with Crippen molar-refractivity contribution in [3.8, 4) is 5.75 Å². The third-order valence-corrected chi connectivity index (χ3v) is 2.60. The van der Waals surface area contributed by atoms with Gasteiger partial charge in [-0.3, -0.25) is 0 Å². The lowest BCUT2D eigenvalue weighted by Crippen LogP contribution is -2.30. The zero-order chi connectivity index (χ0) is 12.8. The molecule has 1 atom stereocenters. The minimum atomic E-state index is -0.0511. The van der Waals surface area contributed by atoms with Gasteiger partial charge in [-0.25, -0.2) is 0 Å². The number of halogens is 1. The number of rotatable bonds is 6. The molecule has 0 amide bonds. The highest BCUT2D eigenvalue weighted by molar-refractivity contribution is 6.30. The Balaban J connectivity index is 2.63. The Bertz CT molecular complexity index is 355. The molecule has 0 heterocycles. The molecule has 0 aromatic heterocycles. The van der Waals surface area contributed by atoms with Crippen molar-refractivity contribution in [1.29, 1.82) is 0 Å². The van der Waals surface area contributed by atoms with E-state index in [1.807, 2.05) is 26.0 Å². The van der Waals surface area contributed by atoms with E-state index in [4.69, 9.17) is 26.8 Å². The molecule has 96 valence electrons. The van der Waals surface area contributed by atoms with Crippen LogP contribution in [0.1, 0.15) is 19.4 Å². The van der Waals surface area contributed by atoms with Crippen molar-refractivity contribution in [2.45, 2.75) is 32.4 Å². The van der Waals surface area contributed by atoms with Gasteiger partial charge in [0.1, 0.15) is 5.75 Å². The lowest BCUT2D eigenvalue weighted by Gasteiger charge is -2.16. The van der Waals surface area contributed by atoms with Crippen LogP contribution in [-0.2, 0) is 11.2 Å². The van der Waals surface area contributed by atoms with Gasteiger partial charge in [0, 0.05) is 11.1 Å². The summed E-state index contributed by atoms with van der Waals surface area (Å²) in [6.07, 6.45) is 0.888. The fraction of sp³-hybridized carbons (Fsp3) is 0.538. The topological polar surface area (TPSA) is 44.5 Å². The summed E-state index contributed by atoms with van der Waals surface area (Å²) in [4.78, 5) is 0. The second-order valence-corrected chi connectivity index (χ2v) is 4.74. The largest absolute Gasteiger partial charge is 0.496 e. The average Bonchev–Trinajstić information content (AvgIpc) is 2.27. The molecule has 2 N–H and O–H groups in total. The lowest BCUT2D eigenvalue weighted by molar-refractivity contribution is 0.0683. The van der Waals surface area contributed by atoms with Crippen LogP contribution in [0.4, 0.5) is 0 Å². The first-order valence-corrected chi connectivity index (χ1v) is 6.10. The first kappa shape index (κ1) is 14.3. The maximum absolute atomic E-state index is 6.00. The summed E-state index contributed by atoms with van der Waals surface area (Å²) in [5, 5.41) is 0.692. The van der Waals surface area contributed by atoms with Crippen molar-refractivity contribution in [2.75, 3.05) is 13.7 Å². The van der Waals surface area contributed by atoms with Gasteiger partial charge in [0.05, 0.1) is 19.8 Å². The van der Waals surface area contributed by atoms with E-state index in [2.05, 4.69) is 0 Å². The monoisotopic (exact) mass is 257 g/mol. The van der Waals surface area contributed by atoms with Crippen LogP contribution in [-0.4, -0.2) is 25.9 Å². The van der Waals surface area contributed by atoms with Crippen LogP contribution in [0.2, 0.25) is 5.02 Å². The van der Waals surface area contributed by atoms with Gasteiger partial charge in [0.25, 0.3) is 0 Å². The summed E-state index contributed by atoms with van der Waals surface area (Å²) in [5.41, 5.74) is 7.02. The number of benzene rings is 1. The highest BCUT2D eigenvalue weighted by Gasteiger charge is 2.10. The Morgan fingerprint density at radius 3 is 2.65 bits per heavy atom. The maximum atomic E-state index is 6.00. The zero-order valence-electron chi connectivity index (χ0n) is 10.6. The van der Waals surface area contributed by atoms with Crippen LogP contribution < -0.4 is 10.5 Å². The normalized spacial score (nSPS) is 12.8. The Labute approximate surface area is 108 Å². The third-order valence-electron chi connectivity index (χ3n) is 2.37. The molecule has 17 heavy (non-hydrogen) atoms. The van der Waals surface area contributed by atoms with Gasteiger partial charge in [-0.05, 0) is 44.0 Å². The molecule has 0 aliphatic heterocycles. The predicted molar refractivity (Wildman–Crippen MR) is 70.8 cm³/mol. The first-order valence-electron chi connectivity index (χ1n) is 5.72. The summed E-state index contributed by atoms with van der Waals surface area (Å²) < 4.78 is 10.8. The molecule has 0 spiro atoms. The molecular formula is C13H20ClNO2. The summed E-state index contributed by atoms with van der Waals surface area (Å²) in [5.74, 6) is 0.814. The molecule has 0 bridgehead atoms. The summed E-state index contributed by atoms with van der Waals surface area (Å²) in [6.45, 7) is 4.52. The van der Waals surface area contributed by atoms with Crippen LogP contribution in [0.15, 0.2) is 18.2 Å². The fourth-order valence-electron chi connectivity index (χ4n) is 1.56. The van der Waals surface area contributed by atoms with Crippen molar-refractivity contribution in [3.63, 3.8) is 0 Å². The zero-order valence-corrected chi connectivity index (χ0v) is 11.3. The van der Waals surface area contributed by atoms with Gasteiger partial charge in [-0.15, -0.1) is 0 Å². The minimum Gasteiger partial charge on any atom is -0.496 e. The van der Waals surface area contributed by atoms with E-state index in [-0.39, 0.29) is 12.1 Å². The standard InChI is InChI=1S/C13H20ClNO2/c1-9(2)17-8-12(15)7-10-6-11(14)4-5-13(10)16-3/h4-6,9,12H,7-8,15H2,1-3H3. The summed E-state index contributed by atoms with van der Waals surface area (Å²) >= 11 is 5.96. The van der Waals surface area contributed by atoms with Gasteiger partial charge < -0.3 is 15.2 Å². The molecule has 0 aliphatic carbocycles. The van der Waals surface area contributed by atoms with E-state index in [1.54, 1.807) is 13.2 Å². The molecule has 4 heteroatoms. The van der Waals surface area contributed by atoms with Crippen molar-refractivity contribution >= 4 is 11.6 Å². The van der Waals surface area contributed by atoms with Gasteiger partial charge in [-0.2, -0.15) is 0 Å². The quantitative estimate of drug-likeness (QED) is 0.852. The van der Waals surface area contributed by atoms with Gasteiger partial charge in [0.2, 0.25) is 0 Å². The van der Waals surface area contributed by atoms with E-state index in [0.717, 1.165) is 11.3 Å². The molecule has 0 saturated carbocycles. The van der Waals surface area contributed by atoms with Crippen LogP contribution >= 0.6 is 11.6 Å². The first-order chi connectivity index (χ1) is 8.02. The maximum Gasteiger partial charge on any atom is 0.122 e. The Morgan fingerprint density at radius 2 is 2.06 bits per heavy atom. The molecule has 1 rings (SSSR count). The minimum absolute atomic E-state index is 0.0511. The summed E-state index contributed by atoms with van der Waals surface area (Å²) in [7, 11) is 1.64. The van der Waals surface area contributed by atoms with Crippen LogP contribution in [0.3, 0.4) is 0 Å². The molecule has 1 aromatic rings. The fourth-order valence-corrected chi connectivity index (χ4v) is 1.76. The van der Waals surface area contributed by atoms with E-state index < -0.39 is 0 Å². The molecule has 0 fully saturated rings. The highest BCUT2D eigenvalue weighted by Crippen LogP contribution is 2.23. The van der Waals surface area contributed by atoms with E-state index >= 15 is 0 Å². The Kier molecular flexibility index (Phi) is 5.75. The van der Waals surface area contributed by atoms with Crippen LogP contribution in [0.5, 0.6) is 5.75 Å². The van der Waals surface area contributed by atoms with E-state index in [1.165, 1.54) is 0 Å². The van der Waals surface area contributed by atoms with Crippen LogP contribution in [0, 0.1) is 0 Å². The number of hydrogen-bond acceptors (Lipinski definition) is 3. The van der Waals surface area contributed by atoms with Gasteiger partial charge in [-0.1, -0.05) is 11.6 Å². The van der Waals surface area contributed by atoms with Crippen molar-refractivity contribution in [2.24, 2.45) is 5.73 Å². The van der Waals surface area contributed by atoms with Gasteiger partial charge in [0.15, 0.2) is 0 Å². The molecule has 3 nitrogen and oxygen atoms in total. The smallest absolute Gasteiger partial charge is 0.122 e. The SMILES string of the molecule is COc1ccc(Cl)cc1CC(N)COC(C)C. The molecule has 0 radical (unpaired) electrons. The number of ether oxygens (including phenoxy) is 2. The predicted octanol–water partition coefficient (Wildman–Crippen LogP) is 2.64. The van der Waals surface area contributed by atoms with E-state index in [0.29, 0.717) is 18.1 Å². The molecule has 0 aliphatic rings. The lowest BCUT2D eigenvalue weighted by atomic mass is 10.1. The number of nitrogens with two attached hydrogens (primary N) is 1. The molecular weight excluding hydrogens is 238 g/mol. The van der Waals surface area contributed by atoms with Gasteiger partial charge >= 0.3 is 0 Å². The summed E-state index contributed by atoms with van der Waals surface area (Å²) in [6, 6.07) is 5.49. The second-order valence-electron chi connectivity index (χ2n) is 4.30. The molecule has 1 aromatic carbocycles. The number of hydrogen-bond donors (Lipinski definition) is 1. The van der Waals surface area contributed by atoms with Crippen molar-refractivity contribution < 1.29 is 9.47 Å². The van der Waals surface area contributed by atoms with Crippen molar-refractivity contribution in [3.05, 3.63) is 28.8 Å². The third kappa shape index (κ3) is 4.94. The van der Waals surface area contributed by atoms with Crippen molar-refractivity contribution in [1.82, 2.24) is 0 Å². The Hall–Kier alpha value is -0.770. The average molecular weight is 258 g/mol.